The zero-order chi connectivity index (χ0) is 20.1. The van der Waals surface area contributed by atoms with Crippen molar-refractivity contribution in [3.05, 3.63) is 81.6 Å². The van der Waals surface area contributed by atoms with E-state index in [-0.39, 0.29) is 5.91 Å². The van der Waals surface area contributed by atoms with Crippen molar-refractivity contribution in [2.45, 2.75) is 27.2 Å². The van der Waals surface area contributed by atoms with Gasteiger partial charge < -0.3 is 10.6 Å². The van der Waals surface area contributed by atoms with Crippen molar-refractivity contribution >= 4 is 29.1 Å². The molecule has 28 heavy (non-hydrogen) atoms. The van der Waals surface area contributed by atoms with Crippen LogP contribution in [0.5, 0.6) is 0 Å². The smallest absolute Gasteiger partial charge is 0.270 e. The third kappa shape index (κ3) is 5.54. The molecule has 0 saturated heterocycles. The molecule has 3 rings (SSSR count). The lowest BCUT2D eigenvalue weighted by Crippen LogP contribution is -2.27. The number of aromatic nitrogens is 2. The molecule has 0 unspecified atom stereocenters. The van der Waals surface area contributed by atoms with E-state index in [9.17, 15) is 4.79 Å². The normalized spacial score (nSPS) is 10.6. The number of halogens is 1. The Bertz CT molecular complexity index is 983. The average molecular weight is 395 g/mol. The molecular weight excluding hydrogens is 372 g/mol. The Balaban J connectivity index is 1.67. The number of hydrogen-bond acceptors (Lipinski definition) is 4. The summed E-state index contributed by atoms with van der Waals surface area (Å²) in [5.41, 5.74) is 5.33. The van der Waals surface area contributed by atoms with E-state index in [4.69, 9.17) is 11.6 Å². The minimum atomic E-state index is -0.226. The summed E-state index contributed by atoms with van der Waals surface area (Å²) in [6.07, 6.45) is 0.698. The first kappa shape index (κ1) is 19.8. The Kier molecular flexibility index (Phi) is 6.26. The number of carbonyl (C=O) groups excluding carboxylic acids is 1. The fourth-order valence-corrected chi connectivity index (χ4v) is 3.23. The summed E-state index contributed by atoms with van der Waals surface area (Å²) >= 11 is 5.99. The predicted octanol–water partition coefficient (Wildman–Crippen LogP) is 4.77. The molecule has 0 saturated carbocycles. The van der Waals surface area contributed by atoms with Crippen LogP contribution in [-0.2, 0) is 6.42 Å². The second-order valence-electron chi connectivity index (χ2n) is 6.86. The summed E-state index contributed by atoms with van der Waals surface area (Å²) in [5.74, 6) is 0.181. The third-order valence-corrected chi connectivity index (χ3v) is 4.39. The van der Waals surface area contributed by atoms with E-state index in [0.29, 0.717) is 29.6 Å². The SMILES string of the molecule is Cc1cc(C)cc(Nc2nc(C)cc(C(=O)NCCc3cccc(Cl)c3)n2)c1. The molecule has 0 bridgehead atoms. The van der Waals surface area contributed by atoms with Crippen molar-refractivity contribution < 1.29 is 4.79 Å². The molecule has 6 heteroatoms. The van der Waals surface area contributed by atoms with E-state index in [0.717, 1.165) is 28.1 Å². The van der Waals surface area contributed by atoms with E-state index >= 15 is 0 Å². The summed E-state index contributed by atoms with van der Waals surface area (Å²) in [6.45, 7) is 6.42. The molecule has 0 spiro atoms. The molecule has 144 valence electrons. The van der Waals surface area contributed by atoms with Gasteiger partial charge >= 0.3 is 0 Å². The maximum Gasteiger partial charge on any atom is 0.270 e. The number of rotatable bonds is 6. The molecule has 0 aliphatic carbocycles. The van der Waals surface area contributed by atoms with Crippen LogP contribution in [0.2, 0.25) is 5.02 Å². The Labute approximate surface area is 170 Å². The van der Waals surface area contributed by atoms with E-state index < -0.39 is 0 Å². The molecule has 1 heterocycles. The second-order valence-corrected chi connectivity index (χ2v) is 7.29. The molecule has 3 aromatic rings. The summed E-state index contributed by atoms with van der Waals surface area (Å²) in [4.78, 5) is 21.3. The molecule has 2 N–H and O–H groups in total. The van der Waals surface area contributed by atoms with Crippen LogP contribution in [0.25, 0.3) is 0 Å². The van der Waals surface area contributed by atoms with Crippen molar-refractivity contribution in [2.75, 3.05) is 11.9 Å². The number of nitrogens with zero attached hydrogens (tertiary/aromatic N) is 2. The lowest BCUT2D eigenvalue weighted by Gasteiger charge is -2.10. The first-order valence-corrected chi connectivity index (χ1v) is 9.50. The first-order chi connectivity index (χ1) is 13.4. The van der Waals surface area contributed by atoms with Crippen molar-refractivity contribution in [3.8, 4) is 0 Å². The Hall–Kier alpha value is -2.92. The summed E-state index contributed by atoms with van der Waals surface area (Å²) in [5, 5.41) is 6.79. The summed E-state index contributed by atoms with van der Waals surface area (Å²) in [6, 6.07) is 15.4. The summed E-state index contributed by atoms with van der Waals surface area (Å²) < 4.78 is 0. The van der Waals surface area contributed by atoms with Gasteiger partial charge in [0.1, 0.15) is 5.69 Å². The molecule has 1 amide bonds. The lowest BCUT2D eigenvalue weighted by atomic mass is 10.1. The number of amides is 1. The Morgan fingerprint density at radius 3 is 2.46 bits per heavy atom. The molecule has 0 aliphatic rings. The van der Waals surface area contributed by atoms with Crippen LogP contribution in [0.4, 0.5) is 11.6 Å². The van der Waals surface area contributed by atoms with Crippen molar-refractivity contribution in [3.63, 3.8) is 0 Å². The van der Waals surface area contributed by atoms with Gasteiger partial charge in [-0.25, -0.2) is 9.97 Å². The number of nitrogens with one attached hydrogen (secondary N) is 2. The van der Waals surface area contributed by atoms with Gasteiger partial charge in [-0.05, 0) is 74.2 Å². The topological polar surface area (TPSA) is 66.9 Å². The van der Waals surface area contributed by atoms with E-state index in [1.807, 2.05) is 57.2 Å². The number of benzene rings is 2. The van der Waals surface area contributed by atoms with Crippen LogP contribution in [0.3, 0.4) is 0 Å². The van der Waals surface area contributed by atoms with Gasteiger partial charge in [-0.2, -0.15) is 0 Å². The minimum Gasteiger partial charge on any atom is -0.350 e. The van der Waals surface area contributed by atoms with Gasteiger partial charge in [-0.15, -0.1) is 0 Å². The molecule has 5 nitrogen and oxygen atoms in total. The van der Waals surface area contributed by atoms with E-state index in [1.54, 1.807) is 6.07 Å². The Morgan fingerprint density at radius 1 is 1.00 bits per heavy atom. The van der Waals surface area contributed by atoms with Crippen LogP contribution in [0.15, 0.2) is 48.5 Å². The van der Waals surface area contributed by atoms with Crippen molar-refractivity contribution in [1.29, 1.82) is 0 Å². The monoisotopic (exact) mass is 394 g/mol. The second kappa shape index (κ2) is 8.85. The first-order valence-electron chi connectivity index (χ1n) is 9.13. The molecule has 0 fully saturated rings. The molecule has 2 aromatic carbocycles. The van der Waals surface area contributed by atoms with Gasteiger partial charge in [0.25, 0.3) is 5.91 Å². The molecule has 0 aliphatic heterocycles. The van der Waals surface area contributed by atoms with Crippen LogP contribution >= 0.6 is 11.6 Å². The van der Waals surface area contributed by atoms with Crippen LogP contribution < -0.4 is 10.6 Å². The largest absolute Gasteiger partial charge is 0.350 e. The highest BCUT2D eigenvalue weighted by atomic mass is 35.5. The number of aryl methyl sites for hydroxylation is 3. The average Bonchev–Trinajstić information content (AvgIpc) is 2.60. The highest BCUT2D eigenvalue weighted by Crippen LogP contribution is 2.18. The number of carbonyl (C=O) groups is 1. The van der Waals surface area contributed by atoms with Crippen molar-refractivity contribution in [1.82, 2.24) is 15.3 Å². The number of anilines is 2. The minimum absolute atomic E-state index is 0.226. The lowest BCUT2D eigenvalue weighted by molar-refractivity contribution is 0.0949. The van der Waals surface area contributed by atoms with Gasteiger partial charge in [0.15, 0.2) is 0 Å². The zero-order valence-electron chi connectivity index (χ0n) is 16.2. The Morgan fingerprint density at radius 2 is 1.75 bits per heavy atom. The van der Waals surface area contributed by atoms with Gasteiger partial charge in [-0.3, -0.25) is 4.79 Å². The fraction of sp³-hybridized carbons (Fsp3) is 0.227. The highest BCUT2D eigenvalue weighted by molar-refractivity contribution is 6.30. The predicted molar refractivity (Wildman–Crippen MR) is 113 cm³/mol. The number of hydrogen-bond donors (Lipinski definition) is 2. The van der Waals surface area contributed by atoms with Gasteiger partial charge in [0.2, 0.25) is 5.95 Å². The third-order valence-electron chi connectivity index (χ3n) is 4.15. The van der Waals surface area contributed by atoms with E-state index in [2.05, 4.69) is 26.7 Å². The molecule has 0 atom stereocenters. The van der Waals surface area contributed by atoms with Gasteiger partial charge in [0, 0.05) is 22.9 Å². The zero-order valence-corrected chi connectivity index (χ0v) is 17.0. The maximum atomic E-state index is 12.5. The summed E-state index contributed by atoms with van der Waals surface area (Å²) in [7, 11) is 0. The van der Waals surface area contributed by atoms with Crippen LogP contribution in [0.1, 0.15) is 32.9 Å². The molecular formula is C22H23ClN4O. The quantitative estimate of drug-likeness (QED) is 0.631. The van der Waals surface area contributed by atoms with Crippen molar-refractivity contribution in [2.24, 2.45) is 0 Å². The highest BCUT2D eigenvalue weighted by Gasteiger charge is 2.11. The molecule has 0 radical (unpaired) electrons. The fourth-order valence-electron chi connectivity index (χ4n) is 3.02. The van der Waals surface area contributed by atoms with Crippen LogP contribution in [-0.4, -0.2) is 22.4 Å². The van der Waals surface area contributed by atoms with E-state index in [1.165, 1.54) is 0 Å². The van der Waals surface area contributed by atoms with Gasteiger partial charge in [0.05, 0.1) is 0 Å². The maximum absolute atomic E-state index is 12.5. The standard InChI is InChI=1S/C22H23ClN4O/c1-14-9-15(2)11-19(10-14)26-22-25-16(3)12-20(27-22)21(28)24-8-7-17-5-4-6-18(23)13-17/h4-6,9-13H,7-8H2,1-3H3,(H,24,28)(H,25,26,27). The van der Waals surface area contributed by atoms with Crippen LogP contribution in [0, 0.1) is 20.8 Å². The molecule has 1 aromatic heterocycles. The van der Waals surface area contributed by atoms with Gasteiger partial charge in [-0.1, -0.05) is 29.8 Å².